The molecule has 0 aliphatic rings. The minimum atomic E-state index is -0.0320. The Kier molecular flexibility index (Phi) is 28.8. The molecule has 0 bridgehead atoms. The van der Waals surface area contributed by atoms with Gasteiger partial charge in [-0.25, -0.2) is 0 Å². The van der Waals surface area contributed by atoms with Gasteiger partial charge in [0.2, 0.25) is 0 Å². The van der Waals surface area contributed by atoms with Crippen LogP contribution in [0.2, 0.25) is 0 Å². The molecule has 12 heteroatoms. The number of nitrogens with zero attached hydrogens (tertiary/aromatic N) is 4. The first-order valence-electron chi connectivity index (χ1n) is 12.6. The third kappa shape index (κ3) is 36.5. The molecule has 0 saturated heterocycles. The quantitative estimate of drug-likeness (QED) is 0.167. The van der Waals surface area contributed by atoms with Gasteiger partial charge in [0.1, 0.15) is 0 Å². The summed E-state index contributed by atoms with van der Waals surface area (Å²) in [4.78, 5) is 17.7. The predicted octanol–water partition coefficient (Wildman–Crippen LogP) is 11.6. The first kappa shape index (κ1) is 45.8. The maximum absolute atomic E-state index is 4.76. The Morgan fingerprint density at radius 1 is 0.610 bits per heavy atom. The Morgan fingerprint density at radius 3 is 1.07 bits per heavy atom. The van der Waals surface area contributed by atoms with E-state index < -0.39 is 0 Å². The van der Waals surface area contributed by atoms with Crippen molar-refractivity contribution in [1.29, 1.82) is 0 Å². The van der Waals surface area contributed by atoms with Crippen LogP contribution in [-0.2, 0) is 26.3 Å². The van der Waals surface area contributed by atoms with Gasteiger partial charge in [-0.3, -0.25) is 20.0 Å². The second-order valence-corrected chi connectivity index (χ2v) is 16.8. The van der Waals surface area contributed by atoms with Gasteiger partial charge in [-0.15, -0.1) is 23.2 Å². The first-order chi connectivity index (χ1) is 18.8. The van der Waals surface area contributed by atoms with Gasteiger partial charge in [-0.1, -0.05) is 53.7 Å². The molecule has 0 fully saturated rings. The van der Waals surface area contributed by atoms with E-state index in [2.05, 4.69) is 89.2 Å². The summed E-state index contributed by atoms with van der Waals surface area (Å²) in [5.41, 5.74) is 2.37. The van der Waals surface area contributed by atoms with E-state index in [-0.39, 0.29) is 42.7 Å². The van der Waals surface area contributed by atoms with Gasteiger partial charge >= 0.3 is 66.7 Å². The Morgan fingerprint density at radius 2 is 0.878 bits per heavy atom. The van der Waals surface area contributed by atoms with Crippen molar-refractivity contribution in [2.45, 2.75) is 93.2 Å². The Bertz CT molecular complexity index is 840. The Hall–Kier alpha value is 0.419. The van der Waals surface area contributed by atoms with Crippen LogP contribution in [0.5, 0.6) is 0 Å². The third-order valence-corrected chi connectivity index (χ3v) is 4.39. The second-order valence-electron chi connectivity index (χ2n) is 12.3. The first-order valence-corrected chi connectivity index (χ1v) is 19.7. The van der Waals surface area contributed by atoms with E-state index in [0.29, 0.717) is 10.8 Å². The van der Waals surface area contributed by atoms with Crippen molar-refractivity contribution in [3.63, 3.8) is 0 Å². The van der Waals surface area contributed by atoms with Gasteiger partial charge in [0.15, 0.2) is 0 Å². The third-order valence-electron chi connectivity index (χ3n) is 4.39. The van der Waals surface area contributed by atoms with Crippen LogP contribution >= 0.6 is 63.6 Å². The van der Waals surface area contributed by atoms with Gasteiger partial charge < -0.3 is 0 Å². The number of hydrogen-bond donors (Lipinski definition) is 0. The SMILES string of the molecule is CC(C)(C)CC(C)(C)N=Cc1ccccn1.CC(C)(C)CC(C)(C)N=Cc1ccccn1.ClCCl.[Cl][Fe][Cl].[Cl][Fe][Cl]. The molecule has 0 N–H and O–H groups in total. The molecular weight excluding hydrogens is 729 g/mol. The molecular formula is C29H46Cl6Fe2N4. The van der Waals surface area contributed by atoms with Crippen molar-refractivity contribution in [3.05, 3.63) is 60.2 Å². The number of halogens is 6. The van der Waals surface area contributed by atoms with Gasteiger partial charge in [0, 0.05) is 24.8 Å². The molecule has 0 aliphatic carbocycles. The molecule has 0 amide bonds. The summed E-state index contributed by atoms with van der Waals surface area (Å²) in [6.07, 6.45) is 9.43. The average molecular weight is 775 g/mol. The van der Waals surface area contributed by atoms with Crippen molar-refractivity contribution < 1.29 is 26.3 Å². The maximum atomic E-state index is 4.76. The predicted molar refractivity (Wildman–Crippen MR) is 180 cm³/mol. The minimum absolute atomic E-state index is 0.0320. The summed E-state index contributed by atoms with van der Waals surface area (Å²) >= 11 is 9.92. The molecule has 4 nitrogen and oxygen atoms in total. The number of hydrogen-bond acceptors (Lipinski definition) is 4. The van der Waals surface area contributed by atoms with Gasteiger partial charge in [-0.2, -0.15) is 0 Å². The standard InChI is InChI=1S/2C14H22N2.CH2Cl2.4ClH.2Fe/c2*1-13(2,3)11-14(4,5)16-10-12-8-6-7-9-15-12;2-1-3;;;;;;/h2*6-10H,11H2,1-5H3;1H2;4*1H;;/q;;;;;;;2*+2/p-4. The van der Waals surface area contributed by atoms with E-state index in [1.165, 1.54) is 0 Å². The zero-order valence-corrected chi connectivity index (χ0v) is 32.4. The van der Waals surface area contributed by atoms with E-state index >= 15 is 0 Å². The monoisotopic (exact) mass is 772 g/mol. The molecule has 2 aromatic heterocycles. The van der Waals surface area contributed by atoms with Crippen molar-refractivity contribution in [2.75, 3.05) is 5.34 Å². The van der Waals surface area contributed by atoms with Crippen LogP contribution in [0.3, 0.4) is 0 Å². The molecule has 0 aromatic carbocycles. The van der Waals surface area contributed by atoms with Crippen molar-refractivity contribution >= 4 is 76.0 Å². The molecule has 0 saturated carbocycles. The fraction of sp³-hybridized carbons (Fsp3) is 0.586. The van der Waals surface area contributed by atoms with E-state index in [9.17, 15) is 0 Å². The number of aliphatic imine (C=N–C) groups is 2. The van der Waals surface area contributed by atoms with Crippen molar-refractivity contribution in [1.82, 2.24) is 9.97 Å². The van der Waals surface area contributed by atoms with Crippen LogP contribution in [0.4, 0.5) is 0 Å². The van der Waals surface area contributed by atoms with Crippen LogP contribution in [0, 0.1) is 10.8 Å². The Balaban J connectivity index is -0.000000546. The van der Waals surface area contributed by atoms with Crippen LogP contribution in [0.25, 0.3) is 0 Å². The Labute approximate surface area is 289 Å². The molecule has 240 valence electrons. The molecule has 0 aliphatic heterocycles. The number of pyridine rings is 2. The fourth-order valence-electron chi connectivity index (χ4n) is 4.07. The van der Waals surface area contributed by atoms with Crippen molar-refractivity contribution in [3.8, 4) is 0 Å². The molecule has 41 heavy (non-hydrogen) atoms. The number of rotatable bonds is 6. The van der Waals surface area contributed by atoms with Gasteiger partial charge in [0.25, 0.3) is 0 Å². The summed E-state index contributed by atoms with van der Waals surface area (Å²) in [6, 6.07) is 11.7. The summed E-state index contributed by atoms with van der Waals surface area (Å²) in [7, 11) is 19.1. The molecule has 2 heterocycles. The number of aromatic nitrogens is 2. The normalized spacial score (nSPS) is 11.9. The zero-order chi connectivity index (χ0) is 32.6. The van der Waals surface area contributed by atoms with E-state index in [0.717, 1.165) is 24.2 Å². The molecule has 0 spiro atoms. The average Bonchev–Trinajstić information content (AvgIpc) is 2.82. The van der Waals surface area contributed by atoms with E-state index in [1.54, 1.807) is 12.4 Å². The number of alkyl halides is 2. The molecule has 0 unspecified atom stereocenters. The van der Waals surface area contributed by atoms with E-state index in [1.807, 2.05) is 48.8 Å². The molecule has 0 atom stereocenters. The van der Waals surface area contributed by atoms with Crippen LogP contribution < -0.4 is 0 Å². The fourth-order valence-corrected chi connectivity index (χ4v) is 4.07. The molecule has 2 rings (SSSR count). The topological polar surface area (TPSA) is 50.5 Å². The zero-order valence-electron chi connectivity index (χ0n) is 25.7. The summed E-state index contributed by atoms with van der Waals surface area (Å²) < 4.78 is 0. The van der Waals surface area contributed by atoms with Crippen LogP contribution in [-0.4, -0.2) is 38.8 Å². The van der Waals surface area contributed by atoms with Crippen LogP contribution in [0.15, 0.2) is 58.8 Å². The van der Waals surface area contributed by atoms with E-state index in [4.69, 9.17) is 63.6 Å². The summed E-state index contributed by atoms with van der Waals surface area (Å²) in [6.45, 7) is 22.1. The molecule has 0 radical (unpaired) electrons. The van der Waals surface area contributed by atoms with Crippen molar-refractivity contribution in [2.24, 2.45) is 20.8 Å². The summed E-state index contributed by atoms with van der Waals surface area (Å²) in [5, 5.41) is 0.194. The molecule has 2 aromatic rings. The summed E-state index contributed by atoms with van der Waals surface area (Å²) in [5.74, 6) is 0. The van der Waals surface area contributed by atoms with Gasteiger partial charge in [0.05, 0.1) is 27.8 Å². The van der Waals surface area contributed by atoms with Gasteiger partial charge in [-0.05, 0) is 75.6 Å². The second kappa shape index (κ2) is 25.7. The van der Waals surface area contributed by atoms with Crippen LogP contribution in [0.1, 0.15) is 93.5 Å².